The van der Waals surface area contributed by atoms with Gasteiger partial charge in [-0.1, -0.05) is 61.5 Å². The maximum atomic E-state index is 13.7. The Bertz CT molecular complexity index is 1370. The fraction of sp³-hybridized carbons (Fsp3) is 0.276. The first-order valence-electron chi connectivity index (χ1n) is 12.0. The zero-order chi connectivity index (χ0) is 23.1. The van der Waals surface area contributed by atoms with Crippen LogP contribution in [0.25, 0.3) is 10.9 Å². The van der Waals surface area contributed by atoms with E-state index in [-0.39, 0.29) is 18.6 Å². The lowest BCUT2D eigenvalue weighted by molar-refractivity contribution is -0.132. The van der Waals surface area contributed by atoms with Gasteiger partial charge >= 0.3 is 0 Å². The van der Waals surface area contributed by atoms with Gasteiger partial charge in [0.2, 0.25) is 12.7 Å². The summed E-state index contributed by atoms with van der Waals surface area (Å²) in [6.45, 7) is 3.80. The number of nitrogens with one attached hydrogen (secondary N) is 1. The molecule has 0 spiro atoms. The van der Waals surface area contributed by atoms with Crippen molar-refractivity contribution in [2.75, 3.05) is 13.3 Å². The Morgan fingerprint density at radius 2 is 1.85 bits per heavy atom. The number of aromatic amines is 1. The summed E-state index contributed by atoms with van der Waals surface area (Å²) >= 11 is 0. The number of hydrogen-bond acceptors (Lipinski definition) is 3. The highest BCUT2D eigenvalue weighted by molar-refractivity contribution is 5.88. The van der Waals surface area contributed by atoms with Crippen LogP contribution in [-0.2, 0) is 24.2 Å². The van der Waals surface area contributed by atoms with Crippen LogP contribution >= 0.6 is 0 Å². The van der Waals surface area contributed by atoms with Gasteiger partial charge in [0.1, 0.15) is 0 Å². The second kappa shape index (κ2) is 8.56. The van der Waals surface area contributed by atoms with Crippen LogP contribution in [0, 0.1) is 0 Å². The summed E-state index contributed by atoms with van der Waals surface area (Å²) in [6, 6.07) is 20.8. The predicted octanol–water partition coefficient (Wildman–Crippen LogP) is 5.57. The molecule has 5 nitrogen and oxygen atoms in total. The summed E-state index contributed by atoms with van der Waals surface area (Å²) in [5, 5.41) is 1.16. The molecule has 0 saturated heterocycles. The van der Waals surface area contributed by atoms with Gasteiger partial charge in [0.05, 0.1) is 0 Å². The van der Waals surface area contributed by atoms with Gasteiger partial charge in [-0.3, -0.25) is 4.79 Å². The topological polar surface area (TPSA) is 54.6 Å². The zero-order valence-electron chi connectivity index (χ0n) is 19.3. The predicted molar refractivity (Wildman–Crippen MR) is 132 cm³/mol. The van der Waals surface area contributed by atoms with Crippen LogP contribution in [0.1, 0.15) is 47.1 Å². The minimum atomic E-state index is -0.137. The van der Waals surface area contributed by atoms with E-state index in [4.69, 9.17) is 9.47 Å². The average Bonchev–Trinajstić information content (AvgIpc) is 3.54. The number of amides is 1. The van der Waals surface area contributed by atoms with Crippen LogP contribution in [0.2, 0.25) is 0 Å². The average molecular weight is 453 g/mol. The SMILES string of the molecule is CCc1cccc2c([C@@H](CC(=O)N3CCc4ccccc4C3)c3cccc4c3OCO4)c[nH]c12. The minimum absolute atomic E-state index is 0.137. The maximum absolute atomic E-state index is 13.7. The lowest BCUT2D eigenvalue weighted by Gasteiger charge is -2.30. The van der Waals surface area contributed by atoms with Crippen molar-refractivity contribution in [2.24, 2.45) is 0 Å². The van der Waals surface area contributed by atoms with Crippen molar-refractivity contribution in [2.45, 2.75) is 38.6 Å². The van der Waals surface area contributed by atoms with E-state index in [0.717, 1.165) is 52.9 Å². The van der Waals surface area contributed by atoms with Gasteiger partial charge in [-0.2, -0.15) is 0 Å². The number of benzene rings is 3. The third-order valence-electron chi connectivity index (χ3n) is 7.25. The molecule has 0 radical (unpaired) electrons. The molecule has 5 heteroatoms. The van der Waals surface area contributed by atoms with Crippen LogP contribution in [-0.4, -0.2) is 29.1 Å². The molecular formula is C29H28N2O3. The van der Waals surface area contributed by atoms with Gasteiger partial charge < -0.3 is 19.4 Å². The Morgan fingerprint density at radius 1 is 1.00 bits per heavy atom. The Hall–Kier alpha value is -3.73. The van der Waals surface area contributed by atoms with Crippen LogP contribution in [0.5, 0.6) is 11.5 Å². The van der Waals surface area contributed by atoms with Gasteiger partial charge in [-0.05, 0) is 41.2 Å². The van der Waals surface area contributed by atoms with Crippen molar-refractivity contribution >= 4 is 16.8 Å². The quantitative estimate of drug-likeness (QED) is 0.431. The number of aryl methyl sites for hydroxylation is 1. The first kappa shape index (κ1) is 20.8. The van der Waals surface area contributed by atoms with Crippen molar-refractivity contribution in [1.82, 2.24) is 9.88 Å². The smallest absolute Gasteiger partial charge is 0.231 e. The minimum Gasteiger partial charge on any atom is -0.454 e. The molecule has 1 N–H and O–H groups in total. The summed E-state index contributed by atoms with van der Waals surface area (Å²) in [5.41, 5.74) is 7.14. The number of ether oxygens (including phenoxy) is 2. The summed E-state index contributed by atoms with van der Waals surface area (Å²) in [4.78, 5) is 19.2. The highest BCUT2D eigenvalue weighted by atomic mass is 16.7. The fourth-order valence-corrected chi connectivity index (χ4v) is 5.45. The Balaban J connectivity index is 1.39. The monoisotopic (exact) mass is 452 g/mol. The van der Waals surface area contributed by atoms with E-state index in [2.05, 4.69) is 66.6 Å². The standard InChI is InChI=1S/C29H28N2O3/c1-2-19-9-5-10-22-25(16-30-28(19)22)24(23-11-6-12-26-29(23)34-18-33-26)15-27(32)31-14-13-20-7-3-4-8-21(20)17-31/h3-12,16,24,30H,2,13-15,17-18H2,1H3/t24-/m0/s1. The third kappa shape index (κ3) is 3.52. The molecule has 3 aromatic carbocycles. The number of aromatic nitrogens is 1. The van der Waals surface area contributed by atoms with Crippen LogP contribution in [0.3, 0.4) is 0 Å². The third-order valence-corrected chi connectivity index (χ3v) is 7.25. The lowest BCUT2D eigenvalue weighted by atomic mass is 9.86. The molecule has 1 atom stereocenters. The van der Waals surface area contributed by atoms with Crippen LogP contribution < -0.4 is 9.47 Å². The Kier molecular flexibility index (Phi) is 5.25. The second-order valence-corrected chi connectivity index (χ2v) is 9.11. The number of fused-ring (bicyclic) bond motifs is 3. The number of nitrogens with zero attached hydrogens (tertiary/aromatic N) is 1. The molecule has 0 unspecified atom stereocenters. The summed E-state index contributed by atoms with van der Waals surface area (Å²) < 4.78 is 11.5. The van der Waals surface area contributed by atoms with E-state index in [1.165, 1.54) is 16.7 Å². The van der Waals surface area contributed by atoms with Crippen molar-refractivity contribution in [3.05, 3.63) is 94.7 Å². The maximum Gasteiger partial charge on any atom is 0.231 e. The molecule has 3 heterocycles. The second-order valence-electron chi connectivity index (χ2n) is 9.11. The zero-order valence-corrected chi connectivity index (χ0v) is 19.3. The van der Waals surface area contributed by atoms with Gasteiger partial charge in [0.15, 0.2) is 11.5 Å². The first-order valence-corrected chi connectivity index (χ1v) is 12.0. The Labute approximate surface area is 199 Å². The molecule has 172 valence electrons. The largest absolute Gasteiger partial charge is 0.454 e. The molecule has 4 aromatic rings. The molecule has 6 rings (SSSR count). The number of carbonyl (C=O) groups is 1. The van der Waals surface area contributed by atoms with Crippen molar-refractivity contribution < 1.29 is 14.3 Å². The summed E-state index contributed by atoms with van der Waals surface area (Å²) in [7, 11) is 0. The van der Waals surface area contributed by atoms with Crippen molar-refractivity contribution in [3.8, 4) is 11.5 Å². The molecule has 1 amide bonds. The van der Waals surface area contributed by atoms with Crippen LogP contribution in [0.15, 0.2) is 66.9 Å². The molecule has 2 aliphatic rings. The lowest BCUT2D eigenvalue weighted by Crippen LogP contribution is -2.36. The molecule has 0 fully saturated rings. The molecule has 0 saturated carbocycles. The summed E-state index contributed by atoms with van der Waals surface area (Å²) in [5.74, 6) is 1.53. The highest BCUT2D eigenvalue weighted by Crippen LogP contribution is 2.44. The van der Waals surface area contributed by atoms with Crippen molar-refractivity contribution in [3.63, 3.8) is 0 Å². The number of rotatable bonds is 5. The van der Waals surface area contributed by atoms with Crippen molar-refractivity contribution in [1.29, 1.82) is 0 Å². The normalized spacial score (nSPS) is 15.4. The molecule has 0 bridgehead atoms. The molecule has 1 aromatic heterocycles. The van der Waals surface area contributed by atoms with E-state index in [1.807, 2.05) is 17.0 Å². The van der Waals surface area contributed by atoms with E-state index >= 15 is 0 Å². The van der Waals surface area contributed by atoms with Gasteiger partial charge in [-0.25, -0.2) is 0 Å². The molecule has 0 aliphatic carbocycles. The fourth-order valence-electron chi connectivity index (χ4n) is 5.45. The number of hydrogen-bond donors (Lipinski definition) is 1. The van der Waals surface area contributed by atoms with E-state index in [0.29, 0.717) is 13.0 Å². The Morgan fingerprint density at radius 3 is 2.74 bits per heavy atom. The van der Waals surface area contributed by atoms with Crippen LogP contribution in [0.4, 0.5) is 0 Å². The number of H-pyrrole nitrogens is 1. The van der Waals surface area contributed by atoms with Gasteiger partial charge in [0.25, 0.3) is 0 Å². The van der Waals surface area contributed by atoms with E-state index in [1.54, 1.807) is 0 Å². The van der Waals surface area contributed by atoms with E-state index < -0.39 is 0 Å². The summed E-state index contributed by atoms with van der Waals surface area (Å²) in [6.07, 6.45) is 4.30. The number of para-hydroxylation sites is 2. The molecule has 2 aliphatic heterocycles. The van der Waals surface area contributed by atoms with Gasteiger partial charge in [0, 0.05) is 48.1 Å². The van der Waals surface area contributed by atoms with Gasteiger partial charge in [-0.15, -0.1) is 0 Å². The first-order chi connectivity index (χ1) is 16.7. The van der Waals surface area contributed by atoms with E-state index in [9.17, 15) is 4.79 Å². The molecule has 34 heavy (non-hydrogen) atoms. The molecular weight excluding hydrogens is 424 g/mol. The highest BCUT2D eigenvalue weighted by Gasteiger charge is 2.30. The number of carbonyl (C=O) groups excluding carboxylic acids is 1.